The molecular formula is C30H37N3+2. The molecule has 0 radical (unpaired) electrons. The lowest BCUT2D eigenvalue weighted by molar-refractivity contribution is 0.812. The number of hydrogen-bond acceptors (Lipinski definition) is 1. The van der Waals surface area contributed by atoms with Crippen molar-refractivity contribution in [1.82, 2.24) is 14.1 Å². The smallest absolute Gasteiger partial charge is 0.188 e. The van der Waals surface area contributed by atoms with Crippen LogP contribution >= 0.6 is 0 Å². The zero-order valence-electron chi connectivity index (χ0n) is 21.3. The van der Waals surface area contributed by atoms with Gasteiger partial charge in [-0.05, 0) is 38.9 Å². The van der Waals surface area contributed by atoms with Gasteiger partial charge in [0.25, 0.3) is 0 Å². The molecule has 0 fully saturated rings. The quantitative estimate of drug-likeness (QED) is 0.276. The van der Waals surface area contributed by atoms with E-state index >= 15 is 0 Å². The standard InChI is InChI=1S/C30H37N3/c1-19(2)23-12-9-13-24(20(3)4)28(23)32-18-33(30-27(32)16-11-17-31-30)29-25(21(5)6)14-10-15-26(29)22(7)8/h9-17,19-22H,1-8H3/q+2. The highest BCUT2D eigenvalue weighted by Crippen LogP contribution is 2.43. The van der Waals surface area contributed by atoms with E-state index < -0.39 is 0 Å². The van der Waals surface area contributed by atoms with E-state index in [0.717, 1.165) is 11.5 Å². The lowest BCUT2D eigenvalue weighted by Gasteiger charge is -2.13. The third kappa shape index (κ3) is 4.07. The number of rotatable bonds is 6. The molecule has 0 bridgehead atoms. The van der Waals surface area contributed by atoms with Crippen molar-refractivity contribution < 1.29 is 0 Å². The summed E-state index contributed by atoms with van der Waals surface area (Å²) >= 11 is 0. The van der Waals surface area contributed by atoms with Crippen molar-refractivity contribution in [2.24, 2.45) is 0 Å². The third-order valence-corrected chi connectivity index (χ3v) is 6.55. The molecule has 2 heterocycles. The van der Waals surface area contributed by atoms with E-state index in [1.807, 2.05) is 12.3 Å². The van der Waals surface area contributed by atoms with Gasteiger partial charge >= 0.3 is 17.5 Å². The second-order valence-corrected chi connectivity index (χ2v) is 10.3. The van der Waals surface area contributed by atoms with Crippen LogP contribution in [-0.4, -0.2) is 11.0 Å². The van der Waals surface area contributed by atoms with Crippen molar-refractivity contribution in [2.75, 3.05) is 0 Å². The Morgan fingerprint density at radius 1 is 0.576 bits per heavy atom. The predicted molar refractivity (Wildman–Crippen MR) is 141 cm³/mol. The fourth-order valence-electron chi connectivity index (χ4n) is 4.80. The lowest BCUT2D eigenvalue weighted by atomic mass is 9.92. The minimum atomic E-state index is 0.399. The number of aromatic nitrogens is 1. The number of benzene rings is 2. The van der Waals surface area contributed by atoms with E-state index in [1.165, 1.54) is 33.6 Å². The molecule has 2 aromatic carbocycles. The first-order chi connectivity index (χ1) is 15.7. The van der Waals surface area contributed by atoms with Crippen LogP contribution in [0, 0.1) is 0 Å². The summed E-state index contributed by atoms with van der Waals surface area (Å²) in [6.07, 6.45) is 1.89. The van der Waals surface area contributed by atoms with Crippen LogP contribution in [0.3, 0.4) is 0 Å². The van der Waals surface area contributed by atoms with Gasteiger partial charge in [0.15, 0.2) is 0 Å². The summed E-state index contributed by atoms with van der Waals surface area (Å²) in [7, 11) is 0. The zero-order chi connectivity index (χ0) is 23.9. The minimum absolute atomic E-state index is 0.399. The average molecular weight is 440 g/mol. The van der Waals surface area contributed by atoms with E-state index in [0.29, 0.717) is 23.7 Å². The third-order valence-electron chi connectivity index (χ3n) is 6.55. The maximum atomic E-state index is 4.86. The molecule has 0 amide bonds. The van der Waals surface area contributed by atoms with Gasteiger partial charge in [0.05, 0.1) is 0 Å². The summed E-state index contributed by atoms with van der Waals surface area (Å²) in [6.45, 7) is 18.1. The highest BCUT2D eigenvalue weighted by atomic mass is 15.2. The zero-order valence-corrected chi connectivity index (χ0v) is 21.3. The van der Waals surface area contributed by atoms with Crippen LogP contribution in [0.2, 0.25) is 0 Å². The first-order valence-corrected chi connectivity index (χ1v) is 12.3. The second-order valence-electron chi connectivity index (χ2n) is 10.3. The van der Waals surface area contributed by atoms with Crippen molar-refractivity contribution in [2.45, 2.75) is 79.1 Å². The number of nitrogens with zero attached hydrogens (tertiary/aromatic N) is 3. The molecule has 1 aromatic heterocycles. The topological polar surface area (TPSA) is 18.9 Å². The summed E-state index contributed by atoms with van der Waals surface area (Å²) in [5.41, 5.74) is 8.88. The summed E-state index contributed by atoms with van der Waals surface area (Å²) in [5.74, 6) is 2.56. The molecule has 1 aliphatic heterocycles. The van der Waals surface area contributed by atoms with Crippen molar-refractivity contribution in [3.63, 3.8) is 0 Å². The molecule has 4 rings (SSSR count). The number of hydrogen-bond donors (Lipinski definition) is 0. The molecule has 0 saturated heterocycles. The Kier molecular flexibility index (Phi) is 6.36. The summed E-state index contributed by atoms with van der Waals surface area (Å²) in [4.78, 5) is 4.86. The van der Waals surface area contributed by atoms with Gasteiger partial charge in [-0.3, -0.25) is 0 Å². The number of para-hydroxylation sites is 2. The van der Waals surface area contributed by atoms with Gasteiger partial charge in [0.2, 0.25) is 11.4 Å². The second kappa shape index (κ2) is 9.08. The molecule has 0 unspecified atom stereocenters. The van der Waals surface area contributed by atoms with Crippen molar-refractivity contribution in [3.8, 4) is 0 Å². The number of pyridine rings is 1. The van der Waals surface area contributed by atoms with Crippen LogP contribution in [-0.2, 0) is 0 Å². The van der Waals surface area contributed by atoms with Gasteiger partial charge in [0, 0.05) is 34.5 Å². The fraction of sp³-hybridized carbons (Fsp3) is 0.400. The Balaban J connectivity index is 2.14. The average Bonchev–Trinajstić information content (AvgIpc) is 3.16. The van der Waals surface area contributed by atoms with Gasteiger partial charge in [0.1, 0.15) is 0 Å². The number of fused-ring (bicyclic) bond motifs is 1. The lowest BCUT2D eigenvalue weighted by Crippen LogP contribution is -2.10. The molecule has 0 spiro atoms. The molecule has 33 heavy (non-hydrogen) atoms. The van der Waals surface area contributed by atoms with E-state index in [9.17, 15) is 0 Å². The molecule has 3 aromatic rings. The molecule has 1 aliphatic rings. The summed E-state index contributed by atoms with van der Waals surface area (Å²) < 4.78 is 4.47. The molecule has 0 atom stereocenters. The molecule has 0 saturated carbocycles. The van der Waals surface area contributed by atoms with Crippen molar-refractivity contribution in [1.29, 1.82) is 0 Å². The molecule has 3 heteroatoms. The first kappa shape index (κ1) is 23.1. The molecule has 3 nitrogen and oxygen atoms in total. The van der Waals surface area contributed by atoms with Crippen LogP contribution in [0.1, 0.15) is 101 Å². The van der Waals surface area contributed by atoms with Crippen LogP contribution in [0.15, 0.2) is 54.7 Å². The Labute approximate surface area is 199 Å². The minimum Gasteiger partial charge on any atom is -0.188 e. The molecule has 0 aliphatic carbocycles. The maximum absolute atomic E-state index is 4.86. The van der Waals surface area contributed by atoms with Gasteiger partial charge in [-0.25, -0.2) is 0 Å². The SMILES string of the molecule is CC(C)c1cccc(C(C)C)c1[N+]1=C=[N+](c2c(C(C)C)cccc2C(C)C)c2ncccc21. The van der Waals surface area contributed by atoms with E-state index in [1.54, 1.807) is 0 Å². The molecular weight excluding hydrogens is 402 g/mol. The van der Waals surface area contributed by atoms with Gasteiger partial charge in [-0.2, -0.15) is 4.98 Å². The molecule has 170 valence electrons. The van der Waals surface area contributed by atoms with E-state index in [4.69, 9.17) is 4.98 Å². The predicted octanol–water partition coefficient (Wildman–Crippen LogP) is 8.43. The fourth-order valence-corrected chi connectivity index (χ4v) is 4.80. The van der Waals surface area contributed by atoms with Crippen LogP contribution in [0.4, 0.5) is 22.9 Å². The maximum Gasteiger partial charge on any atom is 0.504 e. The Morgan fingerprint density at radius 2 is 1.00 bits per heavy atom. The van der Waals surface area contributed by atoms with Gasteiger partial charge in [-0.1, -0.05) is 91.8 Å². The normalized spacial score (nSPS) is 13.2. The van der Waals surface area contributed by atoms with Gasteiger partial charge in [-0.15, -0.1) is 0 Å². The van der Waals surface area contributed by atoms with E-state index in [2.05, 4.69) is 113 Å². The molecule has 0 N–H and O–H groups in total. The first-order valence-electron chi connectivity index (χ1n) is 12.3. The summed E-state index contributed by atoms with van der Waals surface area (Å²) in [6, 6.07) is 21.4. The van der Waals surface area contributed by atoms with Crippen LogP contribution in [0.25, 0.3) is 0 Å². The Morgan fingerprint density at radius 3 is 1.42 bits per heavy atom. The van der Waals surface area contributed by atoms with Crippen molar-refractivity contribution >= 4 is 28.9 Å². The Hall–Kier alpha value is -3.03. The Bertz CT molecular complexity index is 1110. The van der Waals surface area contributed by atoms with Crippen molar-refractivity contribution in [3.05, 3.63) is 77.0 Å². The summed E-state index contributed by atoms with van der Waals surface area (Å²) in [5, 5.41) is 0. The largest absolute Gasteiger partial charge is 0.504 e. The monoisotopic (exact) mass is 439 g/mol. The van der Waals surface area contributed by atoms with Crippen LogP contribution < -0.4 is 9.15 Å². The highest BCUT2D eigenvalue weighted by molar-refractivity contribution is 5.85. The van der Waals surface area contributed by atoms with E-state index in [-0.39, 0.29) is 0 Å². The highest BCUT2D eigenvalue weighted by Gasteiger charge is 2.42. The van der Waals surface area contributed by atoms with Gasteiger partial charge < -0.3 is 0 Å². The van der Waals surface area contributed by atoms with Crippen LogP contribution in [0.5, 0.6) is 0 Å².